The zero-order chi connectivity index (χ0) is 28.2. The van der Waals surface area contributed by atoms with Crippen LogP contribution < -0.4 is 11.1 Å². The molecule has 1 atom stereocenters. The fraction of sp³-hybridized carbons (Fsp3) is 0.250. The van der Waals surface area contributed by atoms with Crippen molar-refractivity contribution in [1.29, 1.82) is 0 Å². The lowest BCUT2D eigenvalue weighted by molar-refractivity contribution is 0.161. The summed E-state index contributed by atoms with van der Waals surface area (Å²) in [7, 11) is -3.01. The Balaban J connectivity index is 1.88. The van der Waals surface area contributed by atoms with Crippen LogP contribution in [0.5, 0.6) is 5.88 Å². The molecule has 0 amide bonds. The van der Waals surface area contributed by atoms with Gasteiger partial charge in [0, 0.05) is 31.5 Å². The summed E-state index contributed by atoms with van der Waals surface area (Å²) in [5.74, 6) is -0.443. The van der Waals surface area contributed by atoms with Gasteiger partial charge in [-0.2, -0.15) is 4.98 Å². The predicted molar refractivity (Wildman–Crippen MR) is 148 cm³/mol. The molecule has 39 heavy (non-hydrogen) atoms. The molecule has 0 fully saturated rings. The Morgan fingerprint density at radius 3 is 2.36 bits per heavy atom. The van der Waals surface area contributed by atoms with E-state index >= 15 is 0 Å². The first-order chi connectivity index (χ1) is 18.7. The minimum absolute atomic E-state index is 0.101. The average molecular weight is 570 g/mol. The molecule has 2 aromatic heterocycles. The number of pyridine rings is 1. The number of rotatable bonds is 10. The molecule has 0 aliphatic rings. The molecule has 1 N–H and O–H groups in total. The molecule has 1 unspecified atom stereocenters. The van der Waals surface area contributed by atoms with Crippen LogP contribution in [0.2, 0.25) is 5.02 Å². The number of ether oxygens (including phenoxy) is 1. The second-order valence-corrected chi connectivity index (χ2v) is 11.2. The SMILES string of the molecule is CCCCc1nc(=O)c(S(=O)(=O)c2ccc(-n3cc(Cl)ccc3=O)cc2)c(O)n1C(COC)c1ccccc1. The van der Waals surface area contributed by atoms with E-state index in [1.807, 2.05) is 37.3 Å². The van der Waals surface area contributed by atoms with Gasteiger partial charge in [-0.15, -0.1) is 0 Å². The van der Waals surface area contributed by atoms with Gasteiger partial charge in [0.1, 0.15) is 5.82 Å². The van der Waals surface area contributed by atoms with Gasteiger partial charge >= 0.3 is 0 Å². The van der Waals surface area contributed by atoms with Gasteiger partial charge in [-0.25, -0.2) is 8.42 Å². The first-order valence-electron chi connectivity index (χ1n) is 12.3. The van der Waals surface area contributed by atoms with Crippen LogP contribution >= 0.6 is 11.6 Å². The van der Waals surface area contributed by atoms with Gasteiger partial charge in [-0.05, 0) is 42.3 Å². The number of aromatic hydroxyl groups is 1. The first-order valence-corrected chi connectivity index (χ1v) is 14.2. The summed E-state index contributed by atoms with van der Waals surface area (Å²) in [6.45, 7) is 2.08. The van der Waals surface area contributed by atoms with Gasteiger partial charge < -0.3 is 9.84 Å². The lowest BCUT2D eigenvalue weighted by Gasteiger charge is -2.25. The minimum atomic E-state index is -4.51. The summed E-state index contributed by atoms with van der Waals surface area (Å²) < 4.78 is 35.5. The van der Waals surface area contributed by atoms with E-state index in [0.717, 1.165) is 12.0 Å². The molecule has 2 heterocycles. The monoisotopic (exact) mass is 569 g/mol. The molecule has 9 nitrogen and oxygen atoms in total. The number of benzene rings is 2. The molecule has 0 spiro atoms. The van der Waals surface area contributed by atoms with Gasteiger partial charge in [0.05, 0.1) is 22.6 Å². The van der Waals surface area contributed by atoms with E-state index in [0.29, 0.717) is 23.6 Å². The fourth-order valence-corrected chi connectivity index (χ4v) is 5.85. The Morgan fingerprint density at radius 2 is 1.72 bits per heavy atom. The molecule has 0 aliphatic carbocycles. The van der Waals surface area contributed by atoms with Crippen molar-refractivity contribution >= 4 is 21.4 Å². The Morgan fingerprint density at radius 1 is 1.03 bits per heavy atom. The van der Waals surface area contributed by atoms with E-state index in [9.17, 15) is 23.1 Å². The summed E-state index contributed by atoms with van der Waals surface area (Å²) in [6, 6.07) is 16.6. The number of halogens is 1. The predicted octanol–water partition coefficient (Wildman–Crippen LogP) is 4.16. The maximum Gasteiger partial charge on any atom is 0.296 e. The molecule has 11 heteroatoms. The van der Waals surface area contributed by atoms with Crippen molar-refractivity contribution in [2.45, 2.75) is 42.0 Å². The number of hydrogen-bond acceptors (Lipinski definition) is 7. The van der Waals surface area contributed by atoms with Crippen molar-refractivity contribution in [1.82, 2.24) is 14.1 Å². The standard InChI is InChI=1S/C28H28ClN3O6S/c1-3-4-10-24-30-27(34)26(28(35)32(24)23(18-38-2)19-8-6-5-7-9-19)39(36,37)22-14-12-21(13-15-22)31-17-20(29)11-16-25(31)33/h5-9,11-17,23,35H,3-4,10,18H2,1-2H3. The molecule has 0 radical (unpaired) electrons. The summed E-state index contributed by atoms with van der Waals surface area (Å²) in [6.07, 6.45) is 3.25. The Hall–Kier alpha value is -3.73. The highest BCUT2D eigenvalue weighted by molar-refractivity contribution is 7.91. The lowest BCUT2D eigenvalue weighted by Crippen LogP contribution is -2.29. The topological polar surface area (TPSA) is 120 Å². The highest BCUT2D eigenvalue weighted by Gasteiger charge is 2.32. The van der Waals surface area contributed by atoms with Gasteiger partial charge in [0.2, 0.25) is 15.7 Å². The van der Waals surface area contributed by atoms with Crippen LogP contribution in [0.3, 0.4) is 0 Å². The molecule has 0 saturated heterocycles. The van der Waals surface area contributed by atoms with Crippen LogP contribution in [0.25, 0.3) is 5.69 Å². The number of sulfone groups is 1. The summed E-state index contributed by atoms with van der Waals surface area (Å²) in [5, 5.41) is 11.8. The highest BCUT2D eigenvalue weighted by atomic mass is 35.5. The molecule has 204 valence electrons. The van der Waals surface area contributed by atoms with Gasteiger partial charge in [0.25, 0.3) is 11.1 Å². The molecule has 4 aromatic rings. The largest absolute Gasteiger partial charge is 0.493 e. The number of unbranched alkanes of at least 4 members (excludes halogenated alkanes) is 1. The van der Waals surface area contributed by atoms with Crippen molar-refractivity contribution in [3.8, 4) is 11.6 Å². The lowest BCUT2D eigenvalue weighted by atomic mass is 10.1. The Labute approximate surface area is 230 Å². The smallest absolute Gasteiger partial charge is 0.296 e. The van der Waals surface area contributed by atoms with Gasteiger partial charge in [-0.3, -0.25) is 18.7 Å². The third-order valence-electron chi connectivity index (χ3n) is 6.28. The van der Waals surface area contributed by atoms with Crippen molar-refractivity contribution in [2.75, 3.05) is 13.7 Å². The van der Waals surface area contributed by atoms with Crippen LogP contribution in [0.1, 0.15) is 37.2 Å². The highest BCUT2D eigenvalue weighted by Crippen LogP contribution is 2.32. The minimum Gasteiger partial charge on any atom is -0.493 e. The molecule has 0 bridgehead atoms. The zero-order valence-corrected chi connectivity index (χ0v) is 23.0. The maximum atomic E-state index is 13.7. The van der Waals surface area contributed by atoms with Crippen LogP contribution in [-0.2, 0) is 21.0 Å². The van der Waals surface area contributed by atoms with E-state index in [-0.39, 0.29) is 22.9 Å². The maximum absolute atomic E-state index is 13.7. The van der Waals surface area contributed by atoms with Gasteiger partial charge in [-0.1, -0.05) is 55.3 Å². The van der Waals surface area contributed by atoms with E-state index < -0.39 is 32.2 Å². The number of methoxy groups -OCH3 is 1. The van der Waals surface area contributed by atoms with Crippen molar-refractivity contribution < 1.29 is 18.3 Å². The van der Waals surface area contributed by atoms with Crippen molar-refractivity contribution in [3.05, 3.63) is 110 Å². The Bertz CT molecular complexity index is 1680. The van der Waals surface area contributed by atoms with E-state index in [1.54, 1.807) is 0 Å². The fourth-order valence-electron chi connectivity index (χ4n) is 4.34. The average Bonchev–Trinajstić information content (AvgIpc) is 2.92. The third kappa shape index (κ3) is 5.83. The Kier molecular flexibility index (Phi) is 8.69. The van der Waals surface area contributed by atoms with Gasteiger partial charge in [0.15, 0.2) is 4.90 Å². The molecular formula is C28H28ClN3O6S. The number of hydrogen-bond donors (Lipinski definition) is 1. The second-order valence-electron chi connectivity index (χ2n) is 8.89. The molecule has 2 aromatic carbocycles. The zero-order valence-electron chi connectivity index (χ0n) is 21.5. The number of aromatic nitrogens is 3. The molecular weight excluding hydrogens is 542 g/mol. The quantitative estimate of drug-likeness (QED) is 0.304. The summed E-state index contributed by atoms with van der Waals surface area (Å²) in [4.78, 5) is 28.4. The van der Waals surface area contributed by atoms with E-state index in [2.05, 4.69) is 4.98 Å². The first kappa shape index (κ1) is 28.3. The van der Waals surface area contributed by atoms with Crippen molar-refractivity contribution in [3.63, 3.8) is 0 Å². The van der Waals surface area contributed by atoms with E-state index in [1.165, 1.54) is 58.8 Å². The van der Waals surface area contributed by atoms with Crippen LogP contribution in [-0.4, -0.2) is 41.4 Å². The third-order valence-corrected chi connectivity index (χ3v) is 8.29. The van der Waals surface area contributed by atoms with Crippen molar-refractivity contribution in [2.24, 2.45) is 0 Å². The number of nitrogens with zero attached hydrogens (tertiary/aromatic N) is 3. The van der Waals surface area contributed by atoms with Crippen LogP contribution in [0.4, 0.5) is 0 Å². The second kappa shape index (κ2) is 12.0. The molecule has 0 saturated carbocycles. The summed E-state index contributed by atoms with van der Waals surface area (Å²) in [5.41, 5.74) is -0.278. The molecule has 0 aliphatic heterocycles. The summed E-state index contributed by atoms with van der Waals surface area (Å²) >= 11 is 6.00. The molecule has 4 rings (SSSR count). The van der Waals surface area contributed by atoms with E-state index in [4.69, 9.17) is 16.3 Å². The van der Waals surface area contributed by atoms with Crippen LogP contribution in [0, 0.1) is 0 Å². The normalized spacial score (nSPS) is 12.4. The number of aryl methyl sites for hydroxylation is 1. The van der Waals surface area contributed by atoms with Crippen LogP contribution in [0.15, 0.2) is 92.3 Å².